The number of nitrogens with zero attached hydrogens (tertiary/aromatic N) is 1. The predicted octanol–water partition coefficient (Wildman–Crippen LogP) is 5.50. The third-order valence-electron chi connectivity index (χ3n) is 3.98. The van der Waals surface area contributed by atoms with Gasteiger partial charge in [-0.3, -0.25) is 9.59 Å². The lowest BCUT2D eigenvalue weighted by Crippen LogP contribution is -2.21. The number of nitrogens with one attached hydrogen (secondary N) is 2. The zero-order valence-corrected chi connectivity index (χ0v) is 18.6. The van der Waals surface area contributed by atoms with Crippen LogP contribution in [0.4, 0.5) is 5.69 Å². The molecule has 0 saturated carbocycles. The first-order valence-electron chi connectivity index (χ1n) is 8.65. The van der Waals surface area contributed by atoms with E-state index in [2.05, 4.69) is 31.8 Å². The molecule has 0 aliphatic carbocycles. The molecule has 2 N–H and O–H groups in total. The SMILES string of the molecule is C/C(=N\NC(=O)Cc1ccc(Br)cc1)c1ccc(NC(=O)c2ccc(Cl)s2)cc1. The zero-order valence-electron chi connectivity index (χ0n) is 15.4. The molecule has 0 saturated heterocycles. The Bertz CT molecular complexity index is 1050. The highest BCUT2D eigenvalue weighted by molar-refractivity contribution is 9.10. The Hall–Kier alpha value is -2.48. The molecule has 0 radical (unpaired) electrons. The summed E-state index contributed by atoms with van der Waals surface area (Å²) in [4.78, 5) is 24.8. The Morgan fingerprint density at radius 3 is 2.34 bits per heavy atom. The molecular weight excluding hydrogens is 474 g/mol. The van der Waals surface area contributed by atoms with Crippen molar-refractivity contribution in [2.24, 2.45) is 5.10 Å². The third-order valence-corrected chi connectivity index (χ3v) is 5.74. The van der Waals surface area contributed by atoms with Gasteiger partial charge in [0.25, 0.3) is 5.91 Å². The van der Waals surface area contributed by atoms with Crippen LogP contribution in [0.5, 0.6) is 0 Å². The molecule has 0 unspecified atom stereocenters. The summed E-state index contributed by atoms with van der Waals surface area (Å²) in [6.07, 6.45) is 0.252. The van der Waals surface area contributed by atoms with Crippen molar-refractivity contribution in [3.05, 3.63) is 85.5 Å². The quantitative estimate of drug-likeness (QED) is 0.354. The van der Waals surface area contributed by atoms with Crippen molar-refractivity contribution in [2.45, 2.75) is 13.3 Å². The van der Waals surface area contributed by atoms with Crippen molar-refractivity contribution in [1.29, 1.82) is 0 Å². The Balaban J connectivity index is 1.56. The summed E-state index contributed by atoms with van der Waals surface area (Å²) in [5.41, 5.74) is 5.64. The van der Waals surface area contributed by atoms with Gasteiger partial charge in [0.2, 0.25) is 5.91 Å². The number of carbonyl (C=O) groups excluding carboxylic acids is 2. The van der Waals surface area contributed by atoms with Gasteiger partial charge in [0, 0.05) is 10.2 Å². The van der Waals surface area contributed by atoms with E-state index in [4.69, 9.17) is 11.6 Å². The number of amides is 2. The fourth-order valence-corrected chi connectivity index (χ4v) is 3.66. The molecule has 8 heteroatoms. The van der Waals surface area contributed by atoms with Crippen LogP contribution in [0.3, 0.4) is 0 Å². The third kappa shape index (κ3) is 6.25. The highest BCUT2D eigenvalue weighted by Crippen LogP contribution is 2.22. The summed E-state index contributed by atoms with van der Waals surface area (Å²) in [5.74, 6) is -0.398. The van der Waals surface area contributed by atoms with Crippen molar-refractivity contribution in [1.82, 2.24) is 5.43 Å². The first-order valence-corrected chi connectivity index (χ1v) is 10.6. The highest BCUT2D eigenvalue weighted by Gasteiger charge is 2.09. The molecule has 1 aromatic heterocycles. The van der Waals surface area contributed by atoms with E-state index in [-0.39, 0.29) is 18.2 Å². The van der Waals surface area contributed by atoms with Crippen LogP contribution >= 0.6 is 38.9 Å². The van der Waals surface area contributed by atoms with Gasteiger partial charge >= 0.3 is 0 Å². The van der Waals surface area contributed by atoms with E-state index >= 15 is 0 Å². The number of hydrogen-bond donors (Lipinski definition) is 2. The first kappa shape index (κ1) is 21.2. The molecule has 2 amide bonds. The molecule has 2 aromatic carbocycles. The predicted molar refractivity (Wildman–Crippen MR) is 122 cm³/mol. The number of rotatable bonds is 6. The summed E-state index contributed by atoms with van der Waals surface area (Å²) < 4.78 is 1.54. The number of hydrazone groups is 1. The van der Waals surface area contributed by atoms with Gasteiger partial charge in [-0.05, 0) is 54.4 Å². The molecular formula is C21H17BrClN3O2S. The second-order valence-corrected chi connectivity index (χ2v) is 8.80. The van der Waals surface area contributed by atoms with Crippen molar-refractivity contribution in [2.75, 3.05) is 5.32 Å². The molecule has 3 rings (SSSR count). The number of hydrogen-bond acceptors (Lipinski definition) is 4. The van der Waals surface area contributed by atoms with E-state index in [1.807, 2.05) is 36.4 Å². The summed E-state index contributed by atoms with van der Waals surface area (Å²) in [5, 5.41) is 6.98. The van der Waals surface area contributed by atoms with Gasteiger partial charge in [-0.15, -0.1) is 11.3 Å². The molecule has 0 aliphatic heterocycles. The lowest BCUT2D eigenvalue weighted by Gasteiger charge is -2.06. The first-order chi connectivity index (χ1) is 13.9. The minimum Gasteiger partial charge on any atom is -0.321 e. The van der Waals surface area contributed by atoms with Gasteiger partial charge < -0.3 is 5.32 Å². The van der Waals surface area contributed by atoms with Crippen LogP contribution in [-0.4, -0.2) is 17.5 Å². The molecule has 0 fully saturated rings. The molecule has 29 heavy (non-hydrogen) atoms. The van der Waals surface area contributed by atoms with Crippen LogP contribution in [0, 0.1) is 0 Å². The molecule has 148 valence electrons. The topological polar surface area (TPSA) is 70.6 Å². The number of carbonyl (C=O) groups is 2. The Labute approximate surface area is 185 Å². The van der Waals surface area contributed by atoms with Gasteiger partial charge in [-0.2, -0.15) is 5.10 Å². The maximum Gasteiger partial charge on any atom is 0.265 e. The number of benzene rings is 2. The molecule has 0 spiro atoms. The Morgan fingerprint density at radius 1 is 1.03 bits per heavy atom. The zero-order chi connectivity index (χ0) is 20.8. The Morgan fingerprint density at radius 2 is 1.72 bits per heavy atom. The number of halogens is 2. The number of anilines is 1. The Kier molecular flexibility index (Phi) is 7.19. The molecule has 0 bridgehead atoms. The van der Waals surface area contributed by atoms with E-state index in [1.165, 1.54) is 11.3 Å². The van der Waals surface area contributed by atoms with E-state index < -0.39 is 0 Å². The van der Waals surface area contributed by atoms with Gasteiger partial charge in [-0.1, -0.05) is 51.8 Å². The minimum atomic E-state index is -0.208. The van der Waals surface area contributed by atoms with Crippen molar-refractivity contribution < 1.29 is 9.59 Å². The van der Waals surface area contributed by atoms with Crippen LogP contribution in [0.25, 0.3) is 0 Å². The molecule has 1 heterocycles. The smallest absolute Gasteiger partial charge is 0.265 e. The van der Waals surface area contributed by atoms with E-state index in [1.54, 1.807) is 31.2 Å². The van der Waals surface area contributed by atoms with E-state index in [0.717, 1.165) is 15.6 Å². The second kappa shape index (κ2) is 9.82. The minimum absolute atomic E-state index is 0.190. The second-order valence-electron chi connectivity index (χ2n) is 6.17. The molecule has 3 aromatic rings. The van der Waals surface area contributed by atoms with Gasteiger partial charge in [-0.25, -0.2) is 5.43 Å². The largest absolute Gasteiger partial charge is 0.321 e. The van der Waals surface area contributed by atoms with Crippen molar-refractivity contribution in [3.8, 4) is 0 Å². The normalized spacial score (nSPS) is 11.2. The molecule has 5 nitrogen and oxygen atoms in total. The lowest BCUT2D eigenvalue weighted by atomic mass is 10.1. The van der Waals surface area contributed by atoms with E-state index in [9.17, 15) is 9.59 Å². The van der Waals surface area contributed by atoms with Gasteiger partial charge in [0.1, 0.15) is 0 Å². The molecule has 0 aliphatic rings. The monoisotopic (exact) mass is 489 g/mol. The number of thiophene rings is 1. The maximum atomic E-state index is 12.2. The van der Waals surface area contributed by atoms with Crippen LogP contribution in [0.2, 0.25) is 4.34 Å². The summed E-state index contributed by atoms with van der Waals surface area (Å²) >= 11 is 10.5. The van der Waals surface area contributed by atoms with Crippen molar-refractivity contribution in [3.63, 3.8) is 0 Å². The maximum absolute atomic E-state index is 12.2. The average molecular weight is 491 g/mol. The fourth-order valence-electron chi connectivity index (χ4n) is 2.46. The fraction of sp³-hybridized carbons (Fsp3) is 0.0952. The highest BCUT2D eigenvalue weighted by atomic mass is 79.9. The summed E-state index contributed by atoms with van der Waals surface area (Å²) in [6, 6.07) is 18.2. The molecule has 0 atom stereocenters. The van der Waals surface area contributed by atoms with Gasteiger partial charge in [0.15, 0.2) is 0 Å². The van der Waals surface area contributed by atoms with Gasteiger partial charge in [0.05, 0.1) is 21.3 Å². The summed E-state index contributed by atoms with van der Waals surface area (Å²) in [6.45, 7) is 1.81. The lowest BCUT2D eigenvalue weighted by molar-refractivity contribution is -0.120. The standard InChI is InChI=1S/C21H17BrClN3O2S/c1-13(25-26-20(27)12-14-2-6-16(22)7-3-14)15-4-8-17(9-5-15)24-21(28)18-10-11-19(23)29-18/h2-11H,12H2,1H3,(H,24,28)(H,26,27)/b25-13+. The van der Waals surface area contributed by atoms with Crippen LogP contribution < -0.4 is 10.7 Å². The average Bonchev–Trinajstić information content (AvgIpc) is 3.15. The van der Waals surface area contributed by atoms with Crippen molar-refractivity contribution >= 4 is 62.1 Å². The van der Waals surface area contributed by atoms with E-state index in [0.29, 0.717) is 20.6 Å². The van der Waals surface area contributed by atoms with Crippen LogP contribution in [0.15, 0.2) is 70.2 Å². The van der Waals surface area contributed by atoms with Crippen LogP contribution in [-0.2, 0) is 11.2 Å². The van der Waals surface area contributed by atoms with Crippen LogP contribution in [0.1, 0.15) is 27.7 Å². The summed E-state index contributed by atoms with van der Waals surface area (Å²) in [7, 11) is 0.